The van der Waals surface area contributed by atoms with Gasteiger partial charge in [0, 0.05) is 18.3 Å². The van der Waals surface area contributed by atoms with Gasteiger partial charge in [-0.3, -0.25) is 4.98 Å². The number of hydrogen-bond donors (Lipinski definition) is 0. The monoisotopic (exact) mass is 311 g/mol. The molecule has 2 rings (SSSR count). The molecule has 0 saturated carbocycles. The molecule has 0 fully saturated rings. The molecule has 1 unspecified atom stereocenters. The summed E-state index contributed by atoms with van der Waals surface area (Å²) < 4.78 is 5.32. The number of halogens is 1. The van der Waals surface area contributed by atoms with Crippen molar-refractivity contribution in [1.29, 1.82) is 0 Å². The molecule has 2 aromatic heterocycles. The highest BCUT2D eigenvalue weighted by atomic mass is 79.9. The molecule has 90 valence electrons. The average Bonchev–Trinajstić information content (AvgIpc) is 2.80. The van der Waals surface area contributed by atoms with Crippen LogP contribution in [0.2, 0.25) is 0 Å². The molecule has 4 heteroatoms. The molecule has 0 radical (unpaired) electrons. The summed E-state index contributed by atoms with van der Waals surface area (Å²) in [5.74, 6) is 0.948. The fourth-order valence-corrected chi connectivity index (χ4v) is 3.32. The van der Waals surface area contributed by atoms with Crippen LogP contribution < -0.4 is 4.74 Å². The number of ether oxygens (including phenoxy) is 1. The van der Waals surface area contributed by atoms with E-state index in [4.69, 9.17) is 4.74 Å². The van der Waals surface area contributed by atoms with Gasteiger partial charge in [0.15, 0.2) is 0 Å². The molecule has 17 heavy (non-hydrogen) atoms. The largest absolute Gasteiger partial charge is 0.496 e. The van der Waals surface area contributed by atoms with Gasteiger partial charge in [0.1, 0.15) is 5.75 Å². The highest BCUT2D eigenvalue weighted by molar-refractivity contribution is 9.09. The molecule has 0 N–H and O–H groups in total. The zero-order chi connectivity index (χ0) is 12.3. The lowest BCUT2D eigenvalue weighted by Gasteiger charge is -2.09. The molecule has 0 aliphatic heterocycles. The van der Waals surface area contributed by atoms with Crippen molar-refractivity contribution in [1.82, 2.24) is 4.98 Å². The third kappa shape index (κ3) is 3.07. The van der Waals surface area contributed by atoms with Gasteiger partial charge in [-0.05, 0) is 30.0 Å². The summed E-state index contributed by atoms with van der Waals surface area (Å²) in [5, 5.41) is 2.05. The topological polar surface area (TPSA) is 22.1 Å². The first-order valence-electron chi connectivity index (χ1n) is 5.37. The molecule has 2 heterocycles. The van der Waals surface area contributed by atoms with Gasteiger partial charge in [0.25, 0.3) is 0 Å². The lowest BCUT2D eigenvalue weighted by molar-refractivity contribution is 0.412. The Morgan fingerprint density at radius 3 is 2.88 bits per heavy atom. The van der Waals surface area contributed by atoms with E-state index in [0.29, 0.717) is 0 Å². The molecule has 0 spiro atoms. The van der Waals surface area contributed by atoms with Crippen molar-refractivity contribution in [3.05, 3.63) is 45.9 Å². The quantitative estimate of drug-likeness (QED) is 0.792. The minimum Gasteiger partial charge on any atom is -0.496 e. The molecule has 0 amide bonds. The van der Waals surface area contributed by atoms with Gasteiger partial charge in [0.2, 0.25) is 0 Å². The van der Waals surface area contributed by atoms with E-state index in [9.17, 15) is 0 Å². The Labute approximate surface area is 114 Å². The maximum atomic E-state index is 5.32. The van der Waals surface area contributed by atoms with Gasteiger partial charge >= 0.3 is 0 Å². The number of hydrogen-bond acceptors (Lipinski definition) is 3. The third-order valence-electron chi connectivity index (χ3n) is 2.52. The summed E-state index contributed by atoms with van der Waals surface area (Å²) in [5.41, 5.74) is 2.28. The zero-order valence-electron chi connectivity index (χ0n) is 9.81. The van der Waals surface area contributed by atoms with Crippen molar-refractivity contribution < 1.29 is 4.74 Å². The summed E-state index contributed by atoms with van der Waals surface area (Å²) in [6, 6.07) is 6.16. The van der Waals surface area contributed by atoms with E-state index in [2.05, 4.69) is 33.0 Å². The van der Waals surface area contributed by atoms with Gasteiger partial charge in [-0.15, -0.1) is 11.3 Å². The van der Waals surface area contributed by atoms with E-state index < -0.39 is 0 Å². The number of methoxy groups -OCH3 is 1. The fourth-order valence-electron chi connectivity index (χ4n) is 1.60. The maximum absolute atomic E-state index is 5.32. The highest BCUT2D eigenvalue weighted by Gasteiger charge is 2.15. The van der Waals surface area contributed by atoms with Gasteiger partial charge in [-0.25, -0.2) is 0 Å². The Kier molecular flexibility index (Phi) is 4.18. The van der Waals surface area contributed by atoms with Crippen LogP contribution in [0.15, 0.2) is 29.8 Å². The first-order chi connectivity index (χ1) is 8.20. The number of alkyl halides is 1. The van der Waals surface area contributed by atoms with E-state index in [1.54, 1.807) is 18.4 Å². The second-order valence-electron chi connectivity index (χ2n) is 3.85. The molecule has 0 saturated heterocycles. The molecule has 0 bridgehead atoms. The van der Waals surface area contributed by atoms with E-state index in [-0.39, 0.29) is 4.83 Å². The minimum absolute atomic E-state index is 0.257. The minimum atomic E-state index is 0.257. The number of thiophene rings is 1. The van der Waals surface area contributed by atoms with Gasteiger partial charge in [-0.2, -0.15) is 0 Å². The SMILES string of the molecule is COc1ccsc1C(Br)Cc1ccc(C)cn1. The number of nitrogens with zero attached hydrogens (tertiary/aromatic N) is 1. The molecule has 2 nitrogen and oxygen atoms in total. The Morgan fingerprint density at radius 1 is 1.41 bits per heavy atom. The smallest absolute Gasteiger partial charge is 0.133 e. The van der Waals surface area contributed by atoms with Gasteiger partial charge in [0.05, 0.1) is 16.8 Å². The predicted octanol–water partition coefficient (Wildman–Crippen LogP) is 4.14. The number of pyridine rings is 1. The normalized spacial score (nSPS) is 12.4. The predicted molar refractivity (Wildman–Crippen MR) is 75.2 cm³/mol. The Hall–Kier alpha value is -0.870. The van der Waals surface area contributed by atoms with Gasteiger partial charge in [-0.1, -0.05) is 22.0 Å². The van der Waals surface area contributed by atoms with Crippen LogP contribution in [-0.4, -0.2) is 12.1 Å². The lowest BCUT2D eigenvalue weighted by atomic mass is 10.1. The van der Waals surface area contributed by atoms with E-state index >= 15 is 0 Å². The Balaban J connectivity index is 2.11. The molecule has 0 aliphatic rings. The second-order valence-corrected chi connectivity index (χ2v) is 5.90. The molecule has 0 aliphatic carbocycles. The van der Waals surface area contributed by atoms with Crippen LogP contribution in [0.25, 0.3) is 0 Å². The molecular formula is C13H14BrNOS. The first kappa shape index (κ1) is 12.6. The number of rotatable bonds is 4. The lowest BCUT2D eigenvalue weighted by Crippen LogP contribution is -1.97. The van der Waals surface area contributed by atoms with Crippen LogP contribution >= 0.6 is 27.3 Å². The van der Waals surface area contributed by atoms with E-state index in [1.807, 2.05) is 24.6 Å². The van der Waals surface area contributed by atoms with Crippen LogP contribution in [0.5, 0.6) is 5.75 Å². The Morgan fingerprint density at radius 2 is 2.24 bits per heavy atom. The fraction of sp³-hybridized carbons (Fsp3) is 0.308. The summed E-state index contributed by atoms with van der Waals surface area (Å²) in [6.07, 6.45) is 2.78. The third-order valence-corrected chi connectivity index (χ3v) is 4.62. The van der Waals surface area contributed by atoms with Crippen LogP contribution in [0.4, 0.5) is 0 Å². The van der Waals surface area contributed by atoms with Crippen molar-refractivity contribution in [3.8, 4) is 5.75 Å². The maximum Gasteiger partial charge on any atom is 0.133 e. The van der Waals surface area contributed by atoms with Crippen LogP contribution in [0, 0.1) is 6.92 Å². The van der Waals surface area contributed by atoms with E-state index in [1.165, 1.54) is 10.4 Å². The van der Waals surface area contributed by atoms with Crippen molar-refractivity contribution >= 4 is 27.3 Å². The van der Waals surface area contributed by atoms with E-state index in [0.717, 1.165) is 17.9 Å². The number of aryl methyl sites for hydroxylation is 1. The standard InChI is InChI=1S/C13H14BrNOS/c1-9-3-4-10(15-8-9)7-11(14)13-12(16-2)5-6-17-13/h3-6,8,11H,7H2,1-2H3. The zero-order valence-corrected chi connectivity index (χ0v) is 12.2. The first-order valence-corrected chi connectivity index (χ1v) is 7.17. The molecular weight excluding hydrogens is 298 g/mol. The van der Waals surface area contributed by atoms with Crippen LogP contribution in [0.3, 0.4) is 0 Å². The summed E-state index contributed by atoms with van der Waals surface area (Å²) in [7, 11) is 1.70. The summed E-state index contributed by atoms with van der Waals surface area (Å²) in [4.78, 5) is 5.89. The van der Waals surface area contributed by atoms with Gasteiger partial charge < -0.3 is 4.74 Å². The van der Waals surface area contributed by atoms with Crippen molar-refractivity contribution in [2.24, 2.45) is 0 Å². The molecule has 1 atom stereocenters. The number of aromatic nitrogens is 1. The van der Waals surface area contributed by atoms with Crippen molar-refractivity contribution in [2.45, 2.75) is 18.2 Å². The summed E-state index contributed by atoms with van der Waals surface area (Å²) >= 11 is 5.41. The molecule has 0 aromatic carbocycles. The van der Waals surface area contributed by atoms with Crippen LogP contribution in [0.1, 0.15) is 21.0 Å². The Bertz CT molecular complexity index is 480. The van der Waals surface area contributed by atoms with Crippen molar-refractivity contribution in [3.63, 3.8) is 0 Å². The second kappa shape index (κ2) is 5.65. The van der Waals surface area contributed by atoms with Crippen molar-refractivity contribution in [2.75, 3.05) is 7.11 Å². The average molecular weight is 312 g/mol. The summed E-state index contributed by atoms with van der Waals surface area (Å²) in [6.45, 7) is 2.05. The van der Waals surface area contributed by atoms with Crippen LogP contribution in [-0.2, 0) is 6.42 Å². The molecule has 2 aromatic rings. The highest BCUT2D eigenvalue weighted by Crippen LogP contribution is 2.37.